The molecule has 0 saturated heterocycles. The van der Waals surface area contributed by atoms with E-state index in [1.807, 2.05) is 6.07 Å². The van der Waals surface area contributed by atoms with Gasteiger partial charge in [-0.3, -0.25) is 0 Å². The van der Waals surface area contributed by atoms with Gasteiger partial charge in [-0.1, -0.05) is 41.5 Å². The molecule has 0 bridgehead atoms. The fourth-order valence-electron chi connectivity index (χ4n) is 1.89. The third-order valence-corrected chi connectivity index (χ3v) is 2.54. The molecular formula is C15H16O2. The average molecular weight is 228 g/mol. The van der Waals surface area contributed by atoms with Crippen LogP contribution in [-0.2, 0) is 6.61 Å². The van der Waals surface area contributed by atoms with E-state index in [2.05, 4.69) is 32.0 Å². The molecule has 0 atom stereocenters. The fraction of sp³-hybridized carbons (Fsp3) is 0.200. The highest BCUT2D eigenvalue weighted by molar-refractivity contribution is 5.38. The number of rotatable bonds is 3. The summed E-state index contributed by atoms with van der Waals surface area (Å²) in [6.07, 6.45) is 0. The van der Waals surface area contributed by atoms with Crippen molar-refractivity contribution in [2.45, 2.75) is 20.5 Å². The van der Waals surface area contributed by atoms with Crippen LogP contribution in [0.3, 0.4) is 0 Å². The SMILES string of the molecule is Cc1cc(C)cc(COc2ccccc2O)c1. The summed E-state index contributed by atoms with van der Waals surface area (Å²) < 4.78 is 5.58. The second-order valence-electron chi connectivity index (χ2n) is 4.25. The third kappa shape index (κ3) is 3.00. The minimum Gasteiger partial charge on any atom is -0.504 e. The van der Waals surface area contributed by atoms with Gasteiger partial charge in [0, 0.05) is 0 Å². The Morgan fingerprint density at radius 3 is 2.29 bits per heavy atom. The number of ether oxygens (including phenoxy) is 1. The second-order valence-corrected chi connectivity index (χ2v) is 4.25. The summed E-state index contributed by atoms with van der Waals surface area (Å²) >= 11 is 0. The van der Waals surface area contributed by atoms with Crippen LogP contribution in [-0.4, -0.2) is 5.11 Å². The molecule has 0 radical (unpaired) electrons. The summed E-state index contributed by atoms with van der Waals surface area (Å²) in [7, 11) is 0. The minimum atomic E-state index is 0.178. The van der Waals surface area contributed by atoms with Crippen LogP contribution in [0.15, 0.2) is 42.5 Å². The van der Waals surface area contributed by atoms with Crippen molar-refractivity contribution in [1.29, 1.82) is 0 Å². The monoisotopic (exact) mass is 228 g/mol. The zero-order valence-electron chi connectivity index (χ0n) is 10.1. The van der Waals surface area contributed by atoms with Crippen molar-refractivity contribution in [2.24, 2.45) is 0 Å². The number of phenolic OH excluding ortho intramolecular Hbond substituents is 1. The Labute approximate surface area is 101 Å². The van der Waals surface area contributed by atoms with Crippen molar-refractivity contribution in [3.05, 3.63) is 59.2 Å². The Kier molecular flexibility index (Phi) is 3.33. The van der Waals surface area contributed by atoms with Crippen molar-refractivity contribution in [2.75, 3.05) is 0 Å². The highest BCUT2D eigenvalue weighted by Crippen LogP contribution is 2.25. The summed E-state index contributed by atoms with van der Waals surface area (Å²) in [6, 6.07) is 13.3. The van der Waals surface area contributed by atoms with Crippen LogP contribution in [0.2, 0.25) is 0 Å². The molecule has 0 fully saturated rings. The predicted octanol–water partition coefficient (Wildman–Crippen LogP) is 3.59. The summed E-state index contributed by atoms with van der Waals surface area (Å²) in [5.41, 5.74) is 3.56. The zero-order valence-corrected chi connectivity index (χ0v) is 10.1. The van der Waals surface area contributed by atoms with Crippen LogP contribution in [0.4, 0.5) is 0 Å². The summed E-state index contributed by atoms with van der Waals surface area (Å²) in [6.45, 7) is 4.60. The summed E-state index contributed by atoms with van der Waals surface area (Å²) in [4.78, 5) is 0. The van der Waals surface area contributed by atoms with E-state index in [-0.39, 0.29) is 5.75 Å². The molecule has 88 valence electrons. The van der Waals surface area contributed by atoms with Crippen LogP contribution < -0.4 is 4.74 Å². The zero-order chi connectivity index (χ0) is 12.3. The van der Waals surface area contributed by atoms with Crippen LogP contribution >= 0.6 is 0 Å². The molecule has 0 aromatic heterocycles. The van der Waals surface area contributed by atoms with E-state index in [0.717, 1.165) is 5.56 Å². The first-order chi connectivity index (χ1) is 8.15. The van der Waals surface area contributed by atoms with Crippen molar-refractivity contribution in [1.82, 2.24) is 0 Å². The Balaban J connectivity index is 2.10. The van der Waals surface area contributed by atoms with Crippen LogP contribution in [0.5, 0.6) is 11.5 Å². The molecule has 0 amide bonds. The normalized spacial score (nSPS) is 10.2. The largest absolute Gasteiger partial charge is 0.504 e. The van der Waals surface area contributed by atoms with Gasteiger partial charge in [0.15, 0.2) is 11.5 Å². The Bertz CT molecular complexity index is 498. The lowest BCUT2D eigenvalue weighted by Crippen LogP contribution is -1.96. The van der Waals surface area contributed by atoms with Crippen molar-refractivity contribution < 1.29 is 9.84 Å². The van der Waals surface area contributed by atoms with Gasteiger partial charge in [0.05, 0.1) is 0 Å². The molecule has 2 rings (SSSR count). The number of aromatic hydroxyl groups is 1. The molecule has 1 N–H and O–H groups in total. The maximum Gasteiger partial charge on any atom is 0.161 e. The number of hydrogen-bond donors (Lipinski definition) is 1. The molecule has 2 aromatic rings. The van der Waals surface area contributed by atoms with Crippen molar-refractivity contribution in [3.8, 4) is 11.5 Å². The number of benzene rings is 2. The third-order valence-electron chi connectivity index (χ3n) is 2.54. The number of hydrogen-bond acceptors (Lipinski definition) is 2. The molecule has 0 heterocycles. The van der Waals surface area contributed by atoms with E-state index in [1.165, 1.54) is 11.1 Å². The molecule has 0 saturated carbocycles. The lowest BCUT2D eigenvalue weighted by Gasteiger charge is -2.09. The van der Waals surface area contributed by atoms with E-state index in [1.54, 1.807) is 18.2 Å². The molecule has 0 spiro atoms. The van der Waals surface area contributed by atoms with E-state index in [4.69, 9.17) is 4.74 Å². The lowest BCUT2D eigenvalue weighted by molar-refractivity contribution is 0.289. The Morgan fingerprint density at radius 1 is 1.00 bits per heavy atom. The minimum absolute atomic E-state index is 0.178. The lowest BCUT2D eigenvalue weighted by atomic mass is 10.1. The molecule has 2 aromatic carbocycles. The average Bonchev–Trinajstić information content (AvgIpc) is 2.27. The highest BCUT2D eigenvalue weighted by Gasteiger charge is 2.01. The van der Waals surface area contributed by atoms with Crippen LogP contribution in [0, 0.1) is 13.8 Å². The standard InChI is InChI=1S/C15H16O2/c1-11-7-12(2)9-13(8-11)10-17-15-6-4-3-5-14(15)16/h3-9,16H,10H2,1-2H3. The van der Waals surface area contributed by atoms with E-state index < -0.39 is 0 Å². The first-order valence-electron chi connectivity index (χ1n) is 5.63. The molecule has 17 heavy (non-hydrogen) atoms. The number of para-hydroxylation sites is 2. The van der Waals surface area contributed by atoms with Gasteiger partial charge in [-0.15, -0.1) is 0 Å². The quantitative estimate of drug-likeness (QED) is 0.870. The maximum atomic E-state index is 9.57. The van der Waals surface area contributed by atoms with Crippen LogP contribution in [0.1, 0.15) is 16.7 Å². The predicted molar refractivity (Wildman–Crippen MR) is 68.4 cm³/mol. The second kappa shape index (κ2) is 4.91. The van der Waals surface area contributed by atoms with Gasteiger partial charge < -0.3 is 9.84 Å². The first kappa shape index (κ1) is 11.5. The summed E-state index contributed by atoms with van der Waals surface area (Å²) in [5.74, 6) is 0.698. The van der Waals surface area contributed by atoms with E-state index in [0.29, 0.717) is 12.4 Å². The van der Waals surface area contributed by atoms with Gasteiger partial charge in [-0.2, -0.15) is 0 Å². The smallest absolute Gasteiger partial charge is 0.161 e. The van der Waals surface area contributed by atoms with E-state index >= 15 is 0 Å². The van der Waals surface area contributed by atoms with Gasteiger partial charge in [-0.25, -0.2) is 0 Å². The Hall–Kier alpha value is -1.96. The van der Waals surface area contributed by atoms with Gasteiger partial charge in [0.2, 0.25) is 0 Å². The highest BCUT2D eigenvalue weighted by atomic mass is 16.5. The topological polar surface area (TPSA) is 29.5 Å². The Morgan fingerprint density at radius 2 is 1.65 bits per heavy atom. The first-order valence-corrected chi connectivity index (χ1v) is 5.63. The molecule has 0 aliphatic heterocycles. The molecular weight excluding hydrogens is 212 g/mol. The summed E-state index contributed by atoms with van der Waals surface area (Å²) in [5, 5.41) is 9.57. The van der Waals surface area contributed by atoms with Gasteiger partial charge >= 0.3 is 0 Å². The van der Waals surface area contributed by atoms with Gasteiger partial charge in [0.25, 0.3) is 0 Å². The molecule has 2 nitrogen and oxygen atoms in total. The molecule has 0 aliphatic rings. The van der Waals surface area contributed by atoms with Crippen LogP contribution in [0.25, 0.3) is 0 Å². The van der Waals surface area contributed by atoms with Crippen molar-refractivity contribution in [3.63, 3.8) is 0 Å². The van der Waals surface area contributed by atoms with Crippen molar-refractivity contribution >= 4 is 0 Å². The molecule has 2 heteroatoms. The number of aryl methyl sites for hydroxylation is 2. The molecule has 0 unspecified atom stereocenters. The van der Waals surface area contributed by atoms with Gasteiger partial charge in [-0.05, 0) is 31.5 Å². The van der Waals surface area contributed by atoms with Gasteiger partial charge in [0.1, 0.15) is 6.61 Å². The number of phenols is 1. The van der Waals surface area contributed by atoms with E-state index in [9.17, 15) is 5.11 Å². The fourth-order valence-corrected chi connectivity index (χ4v) is 1.89. The molecule has 0 aliphatic carbocycles. The maximum absolute atomic E-state index is 9.57.